The highest BCUT2D eigenvalue weighted by Crippen LogP contribution is 2.45. The first-order valence-corrected chi connectivity index (χ1v) is 18.9. The highest BCUT2D eigenvalue weighted by Gasteiger charge is 2.24. The number of hydrogen-bond acceptors (Lipinski definition) is 4. The second kappa shape index (κ2) is 11.9. The molecule has 0 bridgehead atoms. The molecule has 0 aliphatic carbocycles. The van der Waals surface area contributed by atoms with Crippen LogP contribution in [0.3, 0.4) is 0 Å². The molecule has 3 heterocycles. The molecule has 0 unspecified atom stereocenters. The highest BCUT2D eigenvalue weighted by atomic mass is 16.3. The normalized spacial score (nSPS) is 11.9. The minimum Gasteiger partial charge on any atom is -0.456 e. The summed E-state index contributed by atoms with van der Waals surface area (Å²) in [7, 11) is 0. The molecule has 0 aliphatic rings. The molecule has 56 heavy (non-hydrogen) atoms. The second-order valence-corrected chi connectivity index (χ2v) is 14.3. The van der Waals surface area contributed by atoms with Gasteiger partial charge in [0.15, 0.2) is 11.6 Å². The van der Waals surface area contributed by atoms with Crippen LogP contribution in [0, 0.1) is 0 Å². The Labute approximate surface area is 320 Å². The smallest absolute Gasteiger partial charge is 0.238 e. The van der Waals surface area contributed by atoms with Gasteiger partial charge in [-0.3, -0.25) is 4.57 Å². The molecule has 12 aromatic rings. The molecule has 0 saturated heterocycles. The molecule has 3 aromatic heterocycles. The summed E-state index contributed by atoms with van der Waals surface area (Å²) < 4.78 is 8.90. The number of hydrogen-bond donors (Lipinski definition) is 0. The van der Waals surface area contributed by atoms with Crippen molar-refractivity contribution >= 4 is 76.1 Å². The molecular weight excluding hydrogens is 685 g/mol. The fourth-order valence-electron chi connectivity index (χ4n) is 8.77. The summed E-state index contributed by atoms with van der Waals surface area (Å²) in [5.41, 5.74) is 7.76. The molecule has 12 rings (SSSR count). The lowest BCUT2D eigenvalue weighted by atomic mass is 9.95. The Morgan fingerprint density at radius 2 is 0.964 bits per heavy atom. The van der Waals surface area contributed by atoms with Gasteiger partial charge in [-0.2, -0.15) is 9.97 Å². The van der Waals surface area contributed by atoms with E-state index in [1.54, 1.807) is 0 Å². The fraction of sp³-hybridized carbons (Fsp3) is 0. The van der Waals surface area contributed by atoms with Crippen molar-refractivity contribution < 1.29 is 4.42 Å². The van der Waals surface area contributed by atoms with E-state index < -0.39 is 0 Å². The van der Waals surface area contributed by atoms with Crippen LogP contribution in [0.15, 0.2) is 186 Å². The van der Waals surface area contributed by atoms with Crippen LogP contribution in [0.2, 0.25) is 0 Å². The Morgan fingerprint density at radius 3 is 1.70 bits per heavy atom. The van der Waals surface area contributed by atoms with Crippen molar-refractivity contribution in [1.29, 1.82) is 0 Å². The molecule has 0 N–H and O–H groups in total. The van der Waals surface area contributed by atoms with Gasteiger partial charge < -0.3 is 4.42 Å². The van der Waals surface area contributed by atoms with E-state index in [2.05, 4.69) is 150 Å². The van der Waals surface area contributed by atoms with E-state index in [4.69, 9.17) is 19.4 Å². The first-order chi connectivity index (χ1) is 27.8. The third-order valence-electron chi connectivity index (χ3n) is 11.2. The SMILES string of the molecule is c1ccc(-c2nc(-c3ccccc3)nc(-n3c4c(-c5ccc6c(c5)oc5ccc7ccccc7c56)cccc4c4c5ccccc5c5ccccc5c43)n2)cc1. The minimum atomic E-state index is 0.557. The van der Waals surface area contributed by atoms with Crippen molar-refractivity contribution in [3.8, 4) is 39.9 Å². The minimum absolute atomic E-state index is 0.557. The van der Waals surface area contributed by atoms with E-state index in [1.165, 1.54) is 26.9 Å². The van der Waals surface area contributed by atoms with E-state index in [9.17, 15) is 0 Å². The number of aromatic nitrogens is 4. The zero-order valence-corrected chi connectivity index (χ0v) is 30.0. The quantitative estimate of drug-likeness (QED) is 0.170. The third-order valence-corrected chi connectivity index (χ3v) is 11.2. The fourth-order valence-corrected chi connectivity index (χ4v) is 8.77. The Kier molecular flexibility index (Phi) is 6.56. The second-order valence-electron chi connectivity index (χ2n) is 14.3. The number of rotatable bonds is 4. The molecular formula is C51H30N4O. The lowest BCUT2D eigenvalue weighted by Gasteiger charge is -2.14. The summed E-state index contributed by atoms with van der Waals surface area (Å²) in [5.74, 6) is 1.78. The maximum atomic E-state index is 6.61. The first kappa shape index (κ1) is 30.8. The monoisotopic (exact) mass is 714 g/mol. The van der Waals surface area contributed by atoms with Gasteiger partial charge in [-0.15, -0.1) is 0 Å². The average molecular weight is 715 g/mol. The summed E-state index contributed by atoms with van der Waals surface area (Å²) >= 11 is 0. The predicted octanol–water partition coefficient (Wildman–Crippen LogP) is 13.3. The van der Waals surface area contributed by atoms with Crippen LogP contribution < -0.4 is 0 Å². The molecule has 0 fully saturated rings. The van der Waals surface area contributed by atoms with Crippen LogP contribution in [-0.4, -0.2) is 19.5 Å². The molecule has 9 aromatic carbocycles. The topological polar surface area (TPSA) is 56.7 Å². The summed E-state index contributed by atoms with van der Waals surface area (Å²) in [6.45, 7) is 0. The molecule has 5 nitrogen and oxygen atoms in total. The zero-order valence-electron chi connectivity index (χ0n) is 30.0. The van der Waals surface area contributed by atoms with Gasteiger partial charge in [-0.05, 0) is 50.7 Å². The van der Waals surface area contributed by atoms with Gasteiger partial charge in [0.25, 0.3) is 0 Å². The summed E-state index contributed by atoms with van der Waals surface area (Å²) in [6, 6.07) is 63.7. The van der Waals surface area contributed by atoms with Gasteiger partial charge in [0, 0.05) is 43.6 Å². The molecule has 0 amide bonds. The predicted molar refractivity (Wildman–Crippen MR) is 230 cm³/mol. The van der Waals surface area contributed by atoms with Gasteiger partial charge in [-0.25, -0.2) is 4.98 Å². The standard InChI is InChI=1S/C51H30N4O/c1-3-15-32(16-4-1)49-52-50(33-17-5-2-6-18-33)54-51(53-49)55-47-36(34-26-28-41-44(30-34)56-43-29-27-31-14-7-8-19-35(31)45(41)43)24-13-25-42(47)46-39-22-11-9-20-37(39)38-21-10-12-23-40(38)48(46)55/h1-30H. The molecule has 260 valence electrons. The van der Waals surface area contributed by atoms with Gasteiger partial charge in [0.2, 0.25) is 5.95 Å². The van der Waals surface area contributed by atoms with Gasteiger partial charge in [0.05, 0.1) is 11.0 Å². The molecule has 0 spiro atoms. The van der Waals surface area contributed by atoms with Crippen molar-refractivity contribution in [2.24, 2.45) is 0 Å². The van der Waals surface area contributed by atoms with Gasteiger partial charge >= 0.3 is 0 Å². The Balaban J connectivity index is 1.24. The van der Waals surface area contributed by atoms with Crippen molar-refractivity contribution in [1.82, 2.24) is 19.5 Å². The van der Waals surface area contributed by atoms with Gasteiger partial charge in [0.1, 0.15) is 11.2 Å². The van der Waals surface area contributed by atoms with E-state index in [0.717, 1.165) is 71.4 Å². The van der Waals surface area contributed by atoms with Crippen molar-refractivity contribution in [3.63, 3.8) is 0 Å². The molecule has 0 atom stereocenters. The Hall–Kier alpha value is -7.63. The van der Waals surface area contributed by atoms with E-state index in [1.807, 2.05) is 36.4 Å². The summed E-state index contributed by atoms with van der Waals surface area (Å²) in [6.07, 6.45) is 0. The van der Waals surface area contributed by atoms with Crippen molar-refractivity contribution in [2.45, 2.75) is 0 Å². The van der Waals surface area contributed by atoms with Crippen LogP contribution in [-0.2, 0) is 0 Å². The van der Waals surface area contributed by atoms with Crippen LogP contribution in [0.4, 0.5) is 0 Å². The Morgan fingerprint density at radius 1 is 0.357 bits per heavy atom. The lowest BCUT2D eigenvalue weighted by molar-refractivity contribution is 0.669. The van der Waals surface area contributed by atoms with Gasteiger partial charge in [-0.1, -0.05) is 164 Å². The number of benzene rings is 9. The van der Waals surface area contributed by atoms with E-state index in [0.29, 0.717) is 17.6 Å². The third kappa shape index (κ3) is 4.52. The van der Waals surface area contributed by atoms with Crippen molar-refractivity contribution in [3.05, 3.63) is 182 Å². The van der Waals surface area contributed by atoms with Crippen LogP contribution >= 0.6 is 0 Å². The molecule has 0 aliphatic heterocycles. The molecule has 5 heteroatoms. The number of furan rings is 1. The summed E-state index contributed by atoms with van der Waals surface area (Å²) in [4.78, 5) is 15.7. The van der Waals surface area contributed by atoms with Crippen LogP contribution in [0.5, 0.6) is 0 Å². The number of fused-ring (bicyclic) bond motifs is 13. The number of nitrogens with zero attached hydrogens (tertiary/aromatic N) is 4. The van der Waals surface area contributed by atoms with E-state index >= 15 is 0 Å². The number of para-hydroxylation sites is 1. The van der Waals surface area contributed by atoms with Crippen LogP contribution in [0.1, 0.15) is 0 Å². The maximum absolute atomic E-state index is 6.61. The summed E-state index contributed by atoms with van der Waals surface area (Å²) in [5, 5.41) is 11.6. The van der Waals surface area contributed by atoms with E-state index in [-0.39, 0.29) is 0 Å². The Bertz CT molecular complexity index is 3470. The maximum Gasteiger partial charge on any atom is 0.238 e. The lowest BCUT2D eigenvalue weighted by Crippen LogP contribution is -2.07. The highest BCUT2D eigenvalue weighted by molar-refractivity contribution is 6.33. The first-order valence-electron chi connectivity index (χ1n) is 18.9. The molecule has 0 radical (unpaired) electrons. The van der Waals surface area contributed by atoms with Crippen molar-refractivity contribution in [2.75, 3.05) is 0 Å². The zero-order chi connectivity index (χ0) is 36.7. The largest absolute Gasteiger partial charge is 0.456 e. The average Bonchev–Trinajstić information content (AvgIpc) is 3.84. The van der Waals surface area contributed by atoms with Crippen LogP contribution in [0.25, 0.3) is 116 Å². The molecule has 0 saturated carbocycles.